The van der Waals surface area contributed by atoms with Crippen molar-refractivity contribution in [2.75, 3.05) is 25.8 Å². The van der Waals surface area contributed by atoms with Gasteiger partial charge >= 0.3 is 0 Å². The third-order valence-corrected chi connectivity index (χ3v) is 4.97. The van der Waals surface area contributed by atoms with E-state index in [1.165, 1.54) is 16.7 Å². The minimum atomic E-state index is -0.280. The summed E-state index contributed by atoms with van der Waals surface area (Å²) < 4.78 is 11.1. The Morgan fingerprint density at radius 1 is 1.42 bits per heavy atom. The second-order valence-electron chi connectivity index (χ2n) is 4.93. The number of benzene rings is 1. The average Bonchev–Trinajstić information content (AvgIpc) is 3.14. The molecule has 0 spiro atoms. The molecule has 1 N–H and O–H groups in total. The van der Waals surface area contributed by atoms with Gasteiger partial charge in [0.15, 0.2) is 11.5 Å². The van der Waals surface area contributed by atoms with Gasteiger partial charge < -0.3 is 14.8 Å². The zero-order valence-electron chi connectivity index (χ0n) is 12.4. The molecule has 2 amide bonds. The van der Waals surface area contributed by atoms with Gasteiger partial charge in [0.1, 0.15) is 10.2 Å². The van der Waals surface area contributed by atoms with Crippen molar-refractivity contribution >= 4 is 57.8 Å². The number of thiocarbonyl (C=S) groups is 1. The van der Waals surface area contributed by atoms with E-state index in [1.807, 2.05) is 12.1 Å². The van der Waals surface area contributed by atoms with Crippen molar-refractivity contribution in [2.24, 2.45) is 0 Å². The molecule has 0 bridgehead atoms. The number of rotatable bonds is 5. The SMILES string of the molecule is O=C(CCl)NCCN1C(=O)/C(=C\c2ccc3c(c2)OCO3)SC1=S. The first-order chi connectivity index (χ1) is 11.6. The molecule has 1 fully saturated rings. The normalized spacial score (nSPS) is 17.7. The van der Waals surface area contributed by atoms with E-state index in [9.17, 15) is 9.59 Å². The summed E-state index contributed by atoms with van der Waals surface area (Å²) >= 11 is 11.9. The van der Waals surface area contributed by atoms with Gasteiger partial charge in [-0.05, 0) is 23.8 Å². The molecular weight excluding hydrogens is 372 g/mol. The van der Waals surface area contributed by atoms with Gasteiger partial charge in [-0.15, -0.1) is 11.6 Å². The molecule has 0 aromatic heterocycles. The lowest BCUT2D eigenvalue weighted by molar-refractivity contribution is -0.123. The van der Waals surface area contributed by atoms with Gasteiger partial charge in [-0.2, -0.15) is 0 Å². The van der Waals surface area contributed by atoms with Crippen LogP contribution in [0.1, 0.15) is 5.56 Å². The number of carbonyl (C=O) groups excluding carboxylic acids is 2. The monoisotopic (exact) mass is 384 g/mol. The van der Waals surface area contributed by atoms with E-state index in [4.69, 9.17) is 33.3 Å². The maximum absolute atomic E-state index is 12.5. The number of ether oxygens (including phenoxy) is 2. The van der Waals surface area contributed by atoms with Gasteiger partial charge in [0.25, 0.3) is 5.91 Å². The van der Waals surface area contributed by atoms with Crippen molar-refractivity contribution in [3.8, 4) is 11.5 Å². The molecule has 9 heteroatoms. The Bertz CT molecular complexity index is 738. The van der Waals surface area contributed by atoms with Crippen LogP contribution in [-0.2, 0) is 9.59 Å². The molecule has 3 rings (SSSR count). The van der Waals surface area contributed by atoms with Crippen LogP contribution < -0.4 is 14.8 Å². The largest absolute Gasteiger partial charge is 0.454 e. The number of hydrogen-bond donors (Lipinski definition) is 1. The maximum atomic E-state index is 12.5. The van der Waals surface area contributed by atoms with Crippen LogP contribution in [0.2, 0.25) is 0 Å². The summed E-state index contributed by atoms with van der Waals surface area (Å²) in [5, 5.41) is 2.61. The van der Waals surface area contributed by atoms with Crippen LogP contribution in [0, 0.1) is 0 Å². The predicted molar refractivity (Wildman–Crippen MR) is 96.2 cm³/mol. The van der Waals surface area contributed by atoms with Gasteiger partial charge in [0.2, 0.25) is 12.7 Å². The Hall–Kier alpha value is -1.77. The summed E-state index contributed by atoms with van der Waals surface area (Å²) in [7, 11) is 0. The summed E-state index contributed by atoms with van der Waals surface area (Å²) in [6.45, 7) is 0.815. The Morgan fingerprint density at radius 2 is 2.21 bits per heavy atom. The maximum Gasteiger partial charge on any atom is 0.266 e. The lowest BCUT2D eigenvalue weighted by Gasteiger charge is -2.14. The van der Waals surface area contributed by atoms with Gasteiger partial charge in [0.05, 0.1) is 4.91 Å². The first kappa shape index (κ1) is 17.1. The number of fused-ring (bicyclic) bond motifs is 1. The summed E-state index contributed by atoms with van der Waals surface area (Å²) in [6.07, 6.45) is 1.76. The van der Waals surface area contributed by atoms with E-state index in [2.05, 4.69) is 5.32 Å². The highest BCUT2D eigenvalue weighted by atomic mass is 35.5. The molecule has 0 aliphatic carbocycles. The summed E-state index contributed by atoms with van der Waals surface area (Å²) in [4.78, 5) is 25.6. The molecule has 1 aromatic rings. The Balaban J connectivity index is 1.68. The van der Waals surface area contributed by atoms with Crippen molar-refractivity contribution in [1.29, 1.82) is 0 Å². The van der Waals surface area contributed by atoms with E-state index < -0.39 is 0 Å². The molecule has 126 valence electrons. The van der Waals surface area contributed by atoms with E-state index in [-0.39, 0.29) is 24.5 Å². The summed E-state index contributed by atoms with van der Waals surface area (Å²) in [5.41, 5.74) is 0.829. The van der Waals surface area contributed by atoms with E-state index in [0.29, 0.717) is 33.8 Å². The first-order valence-corrected chi connectivity index (χ1v) is 8.82. The molecule has 0 unspecified atom stereocenters. The Labute approximate surface area is 153 Å². The number of amides is 2. The fourth-order valence-electron chi connectivity index (χ4n) is 2.20. The van der Waals surface area contributed by atoms with E-state index in [1.54, 1.807) is 12.1 Å². The molecule has 2 aliphatic rings. The highest BCUT2D eigenvalue weighted by Crippen LogP contribution is 2.36. The molecule has 1 aromatic carbocycles. The average molecular weight is 385 g/mol. The minimum absolute atomic E-state index is 0.109. The lowest BCUT2D eigenvalue weighted by atomic mass is 10.2. The van der Waals surface area contributed by atoms with Gasteiger partial charge in [-0.3, -0.25) is 14.5 Å². The number of nitrogens with one attached hydrogen (secondary N) is 1. The second kappa shape index (κ2) is 7.42. The Kier molecular flexibility index (Phi) is 5.27. The number of nitrogens with zero attached hydrogens (tertiary/aromatic N) is 1. The van der Waals surface area contributed by atoms with Crippen molar-refractivity contribution in [3.63, 3.8) is 0 Å². The van der Waals surface area contributed by atoms with E-state index >= 15 is 0 Å². The van der Waals surface area contributed by atoms with Crippen molar-refractivity contribution in [2.45, 2.75) is 0 Å². The molecule has 6 nitrogen and oxygen atoms in total. The molecule has 0 radical (unpaired) electrons. The predicted octanol–water partition coefficient (Wildman–Crippen LogP) is 1.97. The quantitative estimate of drug-likeness (QED) is 0.475. The molecule has 2 aliphatic heterocycles. The standard InChI is InChI=1S/C15H13ClN2O4S2/c16-7-13(19)17-3-4-18-14(20)12(24-15(18)23)6-9-1-2-10-11(5-9)22-8-21-10/h1-2,5-6H,3-4,7-8H2,(H,17,19)/b12-6+. The number of alkyl halides is 1. The topological polar surface area (TPSA) is 67.9 Å². The van der Waals surface area contributed by atoms with Crippen molar-refractivity contribution < 1.29 is 19.1 Å². The third-order valence-electron chi connectivity index (χ3n) is 3.35. The first-order valence-electron chi connectivity index (χ1n) is 7.06. The Morgan fingerprint density at radius 3 is 3.00 bits per heavy atom. The van der Waals surface area contributed by atoms with Gasteiger partial charge in [-0.1, -0.05) is 30.0 Å². The minimum Gasteiger partial charge on any atom is -0.454 e. The van der Waals surface area contributed by atoms with Crippen molar-refractivity contribution in [1.82, 2.24) is 10.2 Å². The smallest absolute Gasteiger partial charge is 0.266 e. The molecule has 0 saturated carbocycles. The number of thioether (sulfide) groups is 1. The third kappa shape index (κ3) is 3.66. The number of hydrogen-bond acceptors (Lipinski definition) is 6. The molecule has 2 heterocycles. The van der Waals surface area contributed by atoms with Gasteiger partial charge in [0, 0.05) is 13.1 Å². The highest BCUT2D eigenvalue weighted by molar-refractivity contribution is 8.26. The van der Waals surface area contributed by atoms with Crippen LogP contribution in [0.15, 0.2) is 23.1 Å². The fourth-order valence-corrected chi connectivity index (χ4v) is 3.60. The van der Waals surface area contributed by atoms with Crippen LogP contribution in [0.3, 0.4) is 0 Å². The molecule has 0 atom stereocenters. The van der Waals surface area contributed by atoms with Crippen LogP contribution >= 0.6 is 35.6 Å². The van der Waals surface area contributed by atoms with Gasteiger partial charge in [-0.25, -0.2) is 0 Å². The summed E-state index contributed by atoms with van der Waals surface area (Å²) in [5.74, 6) is 0.779. The highest BCUT2D eigenvalue weighted by Gasteiger charge is 2.31. The zero-order chi connectivity index (χ0) is 17.1. The number of halogens is 1. The fraction of sp³-hybridized carbons (Fsp3) is 0.267. The van der Waals surface area contributed by atoms with E-state index in [0.717, 1.165) is 5.56 Å². The summed E-state index contributed by atoms with van der Waals surface area (Å²) in [6, 6.07) is 5.47. The van der Waals surface area contributed by atoms with Crippen LogP contribution in [0.25, 0.3) is 6.08 Å². The lowest BCUT2D eigenvalue weighted by Crippen LogP contribution is -2.37. The molecular formula is C15H13ClN2O4S2. The second-order valence-corrected chi connectivity index (χ2v) is 6.87. The molecule has 24 heavy (non-hydrogen) atoms. The van der Waals surface area contributed by atoms with Crippen LogP contribution in [0.4, 0.5) is 0 Å². The zero-order valence-corrected chi connectivity index (χ0v) is 14.8. The van der Waals surface area contributed by atoms with Crippen LogP contribution in [-0.4, -0.2) is 46.8 Å². The van der Waals surface area contributed by atoms with Crippen molar-refractivity contribution in [3.05, 3.63) is 28.7 Å². The van der Waals surface area contributed by atoms with Crippen LogP contribution in [0.5, 0.6) is 11.5 Å². The molecule has 1 saturated heterocycles. The number of carbonyl (C=O) groups is 2.